The van der Waals surface area contributed by atoms with E-state index in [9.17, 15) is 0 Å². The lowest BCUT2D eigenvalue weighted by Crippen LogP contribution is -2.04. The normalized spacial score (nSPS) is 10.9. The summed E-state index contributed by atoms with van der Waals surface area (Å²) in [5.41, 5.74) is 2.77. The van der Waals surface area contributed by atoms with E-state index in [1.807, 2.05) is 42.5 Å². The minimum absolute atomic E-state index is 0.279. The van der Waals surface area contributed by atoms with Crippen molar-refractivity contribution in [3.05, 3.63) is 105 Å². The molecule has 0 aliphatic heterocycles. The molecule has 0 heterocycles. The quantitative estimate of drug-likeness (QED) is 0.327. The van der Waals surface area contributed by atoms with Gasteiger partial charge in [-0.1, -0.05) is 77.3 Å². The minimum atomic E-state index is 0.279. The van der Waals surface area contributed by atoms with Crippen LogP contribution in [0.15, 0.2) is 78.9 Å². The van der Waals surface area contributed by atoms with Gasteiger partial charge >= 0.3 is 0 Å². The summed E-state index contributed by atoms with van der Waals surface area (Å²) in [5.74, 6) is 0.734. The number of ether oxygens (including phenoxy) is 1. The maximum atomic E-state index is 6.26. The van der Waals surface area contributed by atoms with Crippen molar-refractivity contribution in [1.82, 2.24) is 0 Å². The molecule has 2 nitrogen and oxygen atoms in total. The van der Waals surface area contributed by atoms with Crippen LogP contribution in [0.4, 0.5) is 5.69 Å². The van der Waals surface area contributed by atoms with Gasteiger partial charge in [0.2, 0.25) is 0 Å². The maximum Gasteiger partial charge on any atom is 0.124 e. The van der Waals surface area contributed by atoms with Crippen LogP contribution in [-0.2, 0) is 13.2 Å². The van der Waals surface area contributed by atoms with Gasteiger partial charge in [0.15, 0.2) is 0 Å². The zero-order valence-corrected chi connectivity index (χ0v) is 17.7. The van der Waals surface area contributed by atoms with Crippen molar-refractivity contribution in [2.75, 3.05) is 5.32 Å². The van der Waals surface area contributed by atoms with E-state index in [1.165, 1.54) is 10.8 Å². The Balaban J connectivity index is 1.55. The summed E-state index contributed by atoms with van der Waals surface area (Å²) >= 11 is 18.8. The van der Waals surface area contributed by atoms with E-state index < -0.39 is 0 Å². The second-order valence-electron chi connectivity index (χ2n) is 6.62. The van der Waals surface area contributed by atoms with Gasteiger partial charge in [-0.05, 0) is 41.8 Å². The fraction of sp³-hybridized carbons (Fsp3) is 0.0833. The largest absolute Gasteiger partial charge is 0.488 e. The molecule has 0 aliphatic carbocycles. The Bertz CT molecular complexity index is 1130. The summed E-state index contributed by atoms with van der Waals surface area (Å²) in [7, 11) is 0. The number of fused-ring (bicyclic) bond motifs is 1. The average Bonchev–Trinajstić information content (AvgIpc) is 2.73. The van der Waals surface area contributed by atoms with Crippen LogP contribution in [-0.4, -0.2) is 0 Å². The van der Waals surface area contributed by atoms with Crippen molar-refractivity contribution in [3.63, 3.8) is 0 Å². The topological polar surface area (TPSA) is 21.3 Å². The zero-order valence-electron chi connectivity index (χ0n) is 15.5. The third-order valence-corrected chi connectivity index (χ3v) is 5.66. The predicted molar refractivity (Wildman–Crippen MR) is 124 cm³/mol. The summed E-state index contributed by atoms with van der Waals surface area (Å²) in [6, 6.07) is 25.5. The molecule has 0 radical (unpaired) electrons. The molecule has 4 rings (SSSR count). The Labute approximate surface area is 185 Å². The van der Waals surface area contributed by atoms with Gasteiger partial charge in [-0.2, -0.15) is 0 Å². The summed E-state index contributed by atoms with van der Waals surface area (Å²) in [4.78, 5) is 0. The first-order valence-corrected chi connectivity index (χ1v) is 10.3. The SMILES string of the molecule is Clc1ccc(OCc2c(Cl)cccc2Cl)c(CNc2cccc3ccccc23)c1. The summed E-state index contributed by atoms with van der Waals surface area (Å²) in [5, 5.41) is 7.68. The molecule has 0 saturated carbocycles. The molecule has 1 N–H and O–H groups in total. The highest BCUT2D eigenvalue weighted by Gasteiger charge is 2.10. The second-order valence-corrected chi connectivity index (χ2v) is 7.87. The lowest BCUT2D eigenvalue weighted by atomic mass is 10.1. The molecule has 5 heteroatoms. The van der Waals surface area contributed by atoms with E-state index in [0.29, 0.717) is 21.6 Å². The Hall–Kier alpha value is -2.39. The number of hydrogen-bond donors (Lipinski definition) is 1. The average molecular weight is 443 g/mol. The van der Waals surface area contributed by atoms with E-state index in [-0.39, 0.29) is 6.61 Å². The summed E-state index contributed by atoms with van der Waals surface area (Å²) in [6.45, 7) is 0.849. The van der Waals surface area contributed by atoms with Crippen molar-refractivity contribution in [1.29, 1.82) is 0 Å². The van der Waals surface area contributed by atoms with Crippen molar-refractivity contribution in [2.24, 2.45) is 0 Å². The van der Waals surface area contributed by atoms with Crippen molar-refractivity contribution in [3.8, 4) is 5.75 Å². The Kier molecular flexibility index (Phi) is 6.15. The molecule has 4 aromatic rings. The van der Waals surface area contributed by atoms with E-state index in [0.717, 1.165) is 22.6 Å². The summed E-state index contributed by atoms with van der Waals surface area (Å²) < 4.78 is 6.05. The molecule has 0 aliphatic rings. The first-order valence-electron chi connectivity index (χ1n) is 9.17. The molecule has 4 aromatic carbocycles. The number of rotatable bonds is 6. The molecule has 0 saturated heterocycles. The van der Waals surface area contributed by atoms with Crippen molar-refractivity contribution >= 4 is 51.3 Å². The van der Waals surface area contributed by atoms with Crippen LogP contribution in [0.3, 0.4) is 0 Å². The first-order chi connectivity index (χ1) is 14.1. The monoisotopic (exact) mass is 441 g/mol. The van der Waals surface area contributed by atoms with Gasteiger partial charge in [-0.3, -0.25) is 0 Å². The number of anilines is 1. The molecular weight excluding hydrogens is 425 g/mol. The van der Waals surface area contributed by atoms with Gasteiger partial charge in [0.1, 0.15) is 12.4 Å². The number of benzene rings is 4. The maximum absolute atomic E-state index is 6.26. The third kappa shape index (κ3) is 4.62. The minimum Gasteiger partial charge on any atom is -0.488 e. The van der Waals surface area contributed by atoms with E-state index >= 15 is 0 Å². The molecule has 0 bridgehead atoms. The van der Waals surface area contributed by atoms with Crippen LogP contribution in [0.2, 0.25) is 15.1 Å². The molecule has 0 unspecified atom stereocenters. The fourth-order valence-electron chi connectivity index (χ4n) is 3.22. The van der Waals surface area contributed by atoms with Crippen LogP contribution in [0.1, 0.15) is 11.1 Å². The standard InChI is InChI=1S/C24H18Cl3NO/c25-18-11-12-24(29-15-20-21(26)8-4-9-22(20)27)17(13-18)14-28-23-10-3-6-16-5-1-2-7-19(16)23/h1-13,28H,14-15H2. The molecule has 0 fully saturated rings. The predicted octanol–water partition coefficient (Wildman–Crippen LogP) is 7.99. The first kappa shape index (κ1) is 19.9. The van der Waals surface area contributed by atoms with Crippen LogP contribution < -0.4 is 10.1 Å². The highest BCUT2D eigenvalue weighted by Crippen LogP contribution is 2.30. The fourth-order valence-corrected chi connectivity index (χ4v) is 3.92. The Morgan fingerprint density at radius 1 is 0.759 bits per heavy atom. The lowest BCUT2D eigenvalue weighted by molar-refractivity contribution is 0.303. The third-order valence-electron chi connectivity index (χ3n) is 4.72. The van der Waals surface area contributed by atoms with Gasteiger partial charge in [-0.25, -0.2) is 0 Å². The van der Waals surface area contributed by atoms with Crippen LogP contribution in [0.5, 0.6) is 5.75 Å². The Morgan fingerprint density at radius 2 is 1.48 bits per heavy atom. The highest BCUT2D eigenvalue weighted by atomic mass is 35.5. The summed E-state index contributed by atoms with van der Waals surface area (Å²) in [6.07, 6.45) is 0. The smallest absolute Gasteiger partial charge is 0.124 e. The number of nitrogens with one attached hydrogen (secondary N) is 1. The van der Waals surface area contributed by atoms with Crippen LogP contribution >= 0.6 is 34.8 Å². The van der Waals surface area contributed by atoms with Gasteiger partial charge in [0, 0.05) is 43.8 Å². The van der Waals surface area contributed by atoms with E-state index in [2.05, 4.69) is 29.6 Å². The zero-order chi connectivity index (χ0) is 20.2. The van der Waals surface area contributed by atoms with Crippen LogP contribution in [0.25, 0.3) is 10.8 Å². The van der Waals surface area contributed by atoms with Gasteiger partial charge in [-0.15, -0.1) is 0 Å². The second kappa shape index (κ2) is 8.96. The van der Waals surface area contributed by atoms with E-state index in [1.54, 1.807) is 12.1 Å². The number of halogens is 3. The molecule has 0 spiro atoms. The van der Waals surface area contributed by atoms with Crippen molar-refractivity contribution in [2.45, 2.75) is 13.2 Å². The van der Waals surface area contributed by atoms with Crippen molar-refractivity contribution < 1.29 is 4.74 Å². The molecule has 0 aromatic heterocycles. The Morgan fingerprint density at radius 3 is 2.31 bits per heavy atom. The molecule has 0 amide bonds. The molecular formula is C24H18Cl3NO. The van der Waals surface area contributed by atoms with Gasteiger partial charge in [0.25, 0.3) is 0 Å². The molecule has 29 heavy (non-hydrogen) atoms. The van der Waals surface area contributed by atoms with Crippen LogP contribution in [0, 0.1) is 0 Å². The van der Waals surface area contributed by atoms with Gasteiger partial charge < -0.3 is 10.1 Å². The number of hydrogen-bond acceptors (Lipinski definition) is 2. The molecule has 0 atom stereocenters. The highest BCUT2D eigenvalue weighted by molar-refractivity contribution is 6.36. The van der Waals surface area contributed by atoms with Gasteiger partial charge in [0.05, 0.1) is 0 Å². The lowest BCUT2D eigenvalue weighted by Gasteiger charge is -2.15. The molecule has 146 valence electrons. The van der Waals surface area contributed by atoms with E-state index in [4.69, 9.17) is 39.5 Å².